The van der Waals surface area contributed by atoms with E-state index in [1.807, 2.05) is 24.3 Å². The van der Waals surface area contributed by atoms with Gasteiger partial charge in [-0.3, -0.25) is 9.78 Å². The molecule has 3 aromatic rings. The minimum Gasteiger partial charge on any atom is -0.341 e. The van der Waals surface area contributed by atoms with Gasteiger partial charge in [0.05, 0.1) is 22.6 Å². The Balaban J connectivity index is 1.41. The van der Waals surface area contributed by atoms with Crippen LogP contribution in [0.2, 0.25) is 0 Å². The van der Waals surface area contributed by atoms with Crippen LogP contribution < -0.4 is 10.2 Å². The molecule has 0 radical (unpaired) electrons. The van der Waals surface area contributed by atoms with Crippen LogP contribution in [0.25, 0.3) is 0 Å². The van der Waals surface area contributed by atoms with Crippen molar-refractivity contribution in [1.82, 2.24) is 15.3 Å². The maximum atomic E-state index is 13.1. The van der Waals surface area contributed by atoms with Crippen LogP contribution >= 0.6 is 0 Å². The summed E-state index contributed by atoms with van der Waals surface area (Å²) >= 11 is 0. The first kappa shape index (κ1) is 17.8. The highest BCUT2D eigenvalue weighted by molar-refractivity contribution is 5.95. The third kappa shape index (κ3) is 3.35. The first-order valence-corrected chi connectivity index (χ1v) is 9.92. The highest BCUT2D eigenvalue weighted by atomic mass is 19.1. The molecule has 29 heavy (non-hydrogen) atoms. The average Bonchev–Trinajstić information content (AvgIpc) is 3.54. The Kier molecular flexibility index (Phi) is 4.27. The van der Waals surface area contributed by atoms with Crippen LogP contribution in [0, 0.1) is 5.82 Å². The number of fused-ring (bicyclic) bond motifs is 1. The van der Waals surface area contributed by atoms with Crippen LogP contribution in [0.5, 0.6) is 0 Å². The molecule has 0 saturated heterocycles. The van der Waals surface area contributed by atoms with Gasteiger partial charge in [0.1, 0.15) is 11.6 Å². The highest BCUT2D eigenvalue weighted by Crippen LogP contribution is 2.46. The van der Waals surface area contributed by atoms with Gasteiger partial charge in [0.25, 0.3) is 5.91 Å². The van der Waals surface area contributed by atoms with Crippen molar-refractivity contribution in [2.45, 2.75) is 31.2 Å². The smallest absolute Gasteiger partial charge is 0.252 e. The number of nitrogens with zero attached hydrogens (tertiary/aromatic N) is 3. The van der Waals surface area contributed by atoms with Crippen molar-refractivity contribution in [2.24, 2.45) is 0 Å². The molecular formula is C23H21FN4O. The van der Waals surface area contributed by atoms with Crippen LogP contribution in [0.1, 0.15) is 41.0 Å². The lowest BCUT2D eigenvalue weighted by molar-refractivity contribution is 0.0929. The van der Waals surface area contributed by atoms with E-state index >= 15 is 0 Å². The molecule has 1 N–H and O–H groups in total. The van der Waals surface area contributed by atoms with Gasteiger partial charge in [0, 0.05) is 18.3 Å². The molecule has 0 bridgehead atoms. The SMILES string of the molecule is O=C(NC1(c2ccc3c(n2)CCCN3c2ccccn2)CC1)c1ccc(F)cc1. The van der Waals surface area contributed by atoms with Gasteiger partial charge < -0.3 is 10.2 Å². The predicted octanol–water partition coefficient (Wildman–Crippen LogP) is 4.12. The van der Waals surface area contributed by atoms with Gasteiger partial charge in [-0.15, -0.1) is 0 Å². The van der Waals surface area contributed by atoms with Crippen LogP contribution in [-0.2, 0) is 12.0 Å². The molecule has 5 nitrogen and oxygen atoms in total. The van der Waals surface area contributed by atoms with Crippen molar-refractivity contribution in [3.8, 4) is 0 Å². The molecule has 6 heteroatoms. The van der Waals surface area contributed by atoms with Crippen molar-refractivity contribution in [3.63, 3.8) is 0 Å². The number of halogens is 1. The number of anilines is 2. The first-order valence-electron chi connectivity index (χ1n) is 9.92. The molecule has 5 rings (SSSR count). The summed E-state index contributed by atoms with van der Waals surface area (Å²) in [5, 5.41) is 3.12. The summed E-state index contributed by atoms with van der Waals surface area (Å²) in [6.07, 6.45) is 5.43. The zero-order valence-corrected chi connectivity index (χ0v) is 15.9. The second-order valence-corrected chi connectivity index (χ2v) is 7.65. The molecule has 1 aromatic carbocycles. The van der Waals surface area contributed by atoms with Crippen LogP contribution in [0.3, 0.4) is 0 Å². The minimum absolute atomic E-state index is 0.197. The molecule has 1 fully saturated rings. The lowest BCUT2D eigenvalue weighted by Crippen LogP contribution is -2.36. The van der Waals surface area contributed by atoms with Gasteiger partial charge in [0.15, 0.2) is 0 Å². The topological polar surface area (TPSA) is 58.1 Å². The molecule has 0 spiro atoms. The fraction of sp³-hybridized carbons (Fsp3) is 0.261. The summed E-state index contributed by atoms with van der Waals surface area (Å²) in [7, 11) is 0. The lowest BCUT2D eigenvalue weighted by Gasteiger charge is -2.30. The van der Waals surface area contributed by atoms with Gasteiger partial charge in [-0.25, -0.2) is 9.37 Å². The number of nitrogens with one attached hydrogen (secondary N) is 1. The zero-order chi connectivity index (χ0) is 19.8. The fourth-order valence-corrected chi connectivity index (χ4v) is 3.93. The average molecular weight is 388 g/mol. The third-order valence-corrected chi connectivity index (χ3v) is 5.66. The molecule has 1 aliphatic heterocycles. The molecule has 0 atom stereocenters. The summed E-state index contributed by atoms with van der Waals surface area (Å²) in [6.45, 7) is 0.914. The van der Waals surface area contributed by atoms with E-state index < -0.39 is 5.54 Å². The number of aromatic nitrogens is 2. The maximum absolute atomic E-state index is 13.1. The van der Waals surface area contributed by atoms with Gasteiger partial charge in [-0.05, 0) is 74.2 Å². The molecule has 146 valence electrons. The molecule has 1 saturated carbocycles. The Morgan fingerprint density at radius 3 is 2.62 bits per heavy atom. The number of pyridine rings is 2. The lowest BCUT2D eigenvalue weighted by atomic mass is 10.0. The second kappa shape index (κ2) is 6.95. The first-order chi connectivity index (χ1) is 14.1. The molecule has 3 heterocycles. The number of hydrogen-bond donors (Lipinski definition) is 1. The quantitative estimate of drug-likeness (QED) is 0.731. The van der Waals surface area contributed by atoms with E-state index in [9.17, 15) is 9.18 Å². The highest BCUT2D eigenvalue weighted by Gasteiger charge is 2.47. The van der Waals surface area contributed by atoms with Gasteiger partial charge in [-0.2, -0.15) is 0 Å². The second-order valence-electron chi connectivity index (χ2n) is 7.65. The summed E-state index contributed by atoms with van der Waals surface area (Å²) in [5.41, 5.74) is 3.06. The summed E-state index contributed by atoms with van der Waals surface area (Å²) in [6, 6.07) is 15.6. The monoisotopic (exact) mass is 388 g/mol. The van der Waals surface area contributed by atoms with Crippen LogP contribution in [-0.4, -0.2) is 22.4 Å². The number of benzene rings is 1. The number of amides is 1. The Labute approximate surface area is 168 Å². The Bertz CT molecular complexity index is 1050. The third-order valence-electron chi connectivity index (χ3n) is 5.66. The van der Waals surface area contributed by atoms with Gasteiger partial charge >= 0.3 is 0 Å². The largest absolute Gasteiger partial charge is 0.341 e. The minimum atomic E-state index is -0.423. The summed E-state index contributed by atoms with van der Waals surface area (Å²) < 4.78 is 13.1. The zero-order valence-electron chi connectivity index (χ0n) is 15.9. The van der Waals surface area contributed by atoms with Crippen molar-refractivity contribution >= 4 is 17.4 Å². The number of carbonyl (C=O) groups is 1. The normalized spacial score (nSPS) is 16.8. The van der Waals surface area contributed by atoms with E-state index in [0.717, 1.165) is 55.1 Å². The Morgan fingerprint density at radius 1 is 1.07 bits per heavy atom. The van der Waals surface area contributed by atoms with E-state index in [4.69, 9.17) is 4.98 Å². The van der Waals surface area contributed by atoms with Gasteiger partial charge in [0.2, 0.25) is 0 Å². The van der Waals surface area contributed by atoms with E-state index in [0.29, 0.717) is 5.56 Å². The molecule has 2 aliphatic rings. The van der Waals surface area contributed by atoms with Crippen molar-refractivity contribution in [3.05, 3.63) is 83.6 Å². The molecular weight excluding hydrogens is 367 g/mol. The summed E-state index contributed by atoms with van der Waals surface area (Å²) in [4.78, 5) is 24.3. The van der Waals surface area contributed by atoms with E-state index in [1.54, 1.807) is 6.20 Å². The fourth-order valence-electron chi connectivity index (χ4n) is 3.93. The molecule has 1 amide bonds. The van der Waals surface area contributed by atoms with E-state index in [-0.39, 0.29) is 11.7 Å². The van der Waals surface area contributed by atoms with Crippen LogP contribution in [0.15, 0.2) is 60.8 Å². The van der Waals surface area contributed by atoms with Crippen LogP contribution in [0.4, 0.5) is 15.9 Å². The Morgan fingerprint density at radius 2 is 1.90 bits per heavy atom. The standard InChI is InChI=1S/C23H21FN4O/c24-17-8-6-16(7-9-17)22(29)27-23(12-13-23)20-11-10-19-18(26-20)4-3-15-28(19)21-5-1-2-14-25-21/h1-2,5-11,14H,3-4,12-13,15H2,(H,27,29). The number of aryl methyl sites for hydroxylation is 1. The predicted molar refractivity (Wildman–Crippen MR) is 109 cm³/mol. The number of carbonyl (C=O) groups excluding carboxylic acids is 1. The van der Waals surface area contributed by atoms with Crippen molar-refractivity contribution in [1.29, 1.82) is 0 Å². The van der Waals surface area contributed by atoms with E-state index in [1.165, 1.54) is 24.3 Å². The molecule has 1 aliphatic carbocycles. The van der Waals surface area contributed by atoms with Crippen molar-refractivity contribution < 1.29 is 9.18 Å². The van der Waals surface area contributed by atoms with Gasteiger partial charge in [-0.1, -0.05) is 6.07 Å². The molecule has 2 aromatic heterocycles. The maximum Gasteiger partial charge on any atom is 0.252 e. The number of hydrogen-bond acceptors (Lipinski definition) is 4. The van der Waals surface area contributed by atoms with E-state index in [2.05, 4.69) is 21.3 Å². The van der Waals surface area contributed by atoms with Crippen molar-refractivity contribution in [2.75, 3.05) is 11.4 Å². The molecule has 0 unspecified atom stereocenters. The number of rotatable bonds is 4. The summed E-state index contributed by atoms with van der Waals surface area (Å²) in [5.74, 6) is 0.377. The Hall–Kier alpha value is -3.28.